The summed E-state index contributed by atoms with van der Waals surface area (Å²) >= 11 is 0. The van der Waals surface area contributed by atoms with E-state index in [9.17, 15) is 13.2 Å². The van der Waals surface area contributed by atoms with Crippen LogP contribution in [0.1, 0.15) is 18.1 Å². The van der Waals surface area contributed by atoms with Crippen LogP contribution < -0.4 is 0 Å². The van der Waals surface area contributed by atoms with E-state index in [4.69, 9.17) is 4.74 Å². The zero-order chi connectivity index (χ0) is 18.0. The Labute approximate surface area is 146 Å². The third-order valence-electron chi connectivity index (χ3n) is 4.00. The van der Waals surface area contributed by atoms with Gasteiger partial charge in [-0.25, -0.2) is 8.42 Å². The van der Waals surface area contributed by atoms with Crippen molar-refractivity contribution in [2.45, 2.75) is 18.2 Å². The Hall–Kier alpha value is -2.54. The molecule has 0 N–H and O–H groups in total. The number of aliphatic imine (C=N–C) groups is 1. The van der Waals surface area contributed by atoms with Gasteiger partial charge in [0.05, 0.1) is 22.9 Å². The standard InChI is InChI=1S/C18H18N2O4S/c1-3-24-18(21)14-10-12-6-4-8-15(25(2,22)23)17(12)20-16(14)13-7-5-9-19-11-13/h4-9,11,14H,3,10H2,1-2H3. The number of sulfone groups is 1. The second-order valence-corrected chi connectivity index (χ2v) is 7.77. The van der Waals surface area contributed by atoms with Crippen molar-refractivity contribution >= 4 is 27.2 Å². The van der Waals surface area contributed by atoms with E-state index in [2.05, 4.69) is 9.98 Å². The fourth-order valence-electron chi connectivity index (χ4n) is 2.89. The molecule has 130 valence electrons. The molecule has 0 fully saturated rings. The first-order valence-corrected chi connectivity index (χ1v) is 9.78. The van der Waals surface area contributed by atoms with Crippen LogP contribution in [0.25, 0.3) is 0 Å². The van der Waals surface area contributed by atoms with Crippen LogP contribution in [-0.2, 0) is 25.8 Å². The van der Waals surface area contributed by atoms with Crippen molar-refractivity contribution in [2.75, 3.05) is 12.9 Å². The molecule has 2 heterocycles. The van der Waals surface area contributed by atoms with Gasteiger partial charge in [-0.2, -0.15) is 0 Å². The monoisotopic (exact) mass is 358 g/mol. The maximum atomic E-state index is 12.4. The van der Waals surface area contributed by atoms with E-state index >= 15 is 0 Å². The first-order chi connectivity index (χ1) is 11.9. The summed E-state index contributed by atoms with van der Waals surface area (Å²) in [5.41, 5.74) is 2.27. The molecule has 2 aromatic rings. The van der Waals surface area contributed by atoms with Crippen molar-refractivity contribution in [3.63, 3.8) is 0 Å². The molecule has 6 nitrogen and oxygen atoms in total. The number of hydrogen-bond acceptors (Lipinski definition) is 6. The SMILES string of the molecule is CCOC(=O)C1Cc2cccc(S(C)(=O)=O)c2N=C1c1cccnc1. The second-order valence-electron chi connectivity index (χ2n) is 5.78. The van der Waals surface area contributed by atoms with Gasteiger partial charge in [0.2, 0.25) is 0 Å². The predicted octanol–water partition coefficient (Wildman–Crippen LogP) is 2.34. The highest BCUT2D eigenvalue weighted by atomic mass is 32.2. The number of pyridine rings is 1. The smallest absolute Gasteiger partial charge is 0.315 e. The first-order valence-electron chi connectivity index (χ1n) is 7.89. The van der Waals surface area contributed by atoms with Crippen LogP contribution in [0.3, 0.4) is 0 Å². The highest BCUT2D eigenvalue weighted by Crippen LogP contribution is 2.36. The minimum atomic E-state index is -3.44. The van der Waals surface area contributed by atoms with Gasteiger partial charge in [-0.05, 0) is 31.0 Å². The van der Waals surface area contributed by atoms with E-state index in [0.717, 1.165) is 6.26 Å². The van der Waals surface area contributed by atoms with Crippen LogP contribution in [0.2, 0.25) is 0 Å². The Morgan fingerprint density at radius 2 is 2.08 bits per heavy atom. The molecule has 0 saturated carbocycles. The van der Waals surface area contributed by atoms with Crippen molar-refractivity contribution in [3.05, 3.63) is 53.9 Å². The summed E-state index contributed by atoms with van der Waals surface area (Å²) in [7, 11) is -3.44. The Bertz CT molecular complexity index is 937. The summed E-state index contributed by atoms with van der Waals surface area (Å²) < 4.78 is 29.4. The Morgan fingerprint density at radius 3 is 2.72 bits per heavy atom. The van der Waals surface area contributed by atoms with Gasteiger partial charge in [0.1, 0.15) is 5.92 Å². The highest BCUT2D eigenvalue weighted by molar-refractivity contribution is 7.90. The van der Waals surface area contributed by atoms with Crippen molar-refractivity contribution in [3.8, 4) is 0 Å². The number of ether oxygens (including phenoxy) is 1. The Balaban J connectivity index is 2.20. The molecule has 0 aliphatic carbocycles. The lowest BCUT2D eigenvalue weighted by Crippen LogP contribution is -2.31. The van der Waals surface area contributed by atoms with Gasteiger partial charge in [-0.15, -0.1) is 0 Å². The number of rotatable bonds is 4. The zero-order valence-electron chi connectivity index (χ0n) is 14.0. The lowest BCUT2D eigenvalue weighted by atomic mass is 9.87. The Morgan fingerprint density at radius 1 is 1.28 bits per heavy atom. The largest absolute Gasteiger partial charge is 0.465 e. The zero-order valence-corrected chi connectivity index (χ0v) is 14.8. The highest BCUT2D eigenvalue weighted by Gasteiger charge is 2.33. The van der Waals surface area contributed by atoms with Gasteiger partial charge in [0.25, 0.3) is 0 Å². The topological polar surface area (TPSA) is 85.7 Å². The number of para-hydroxylation sites is 1. The maximum Gasteiger partial charge on any atom is 0.315 e. The molecule has 1 aliphatic rings. The lowest BCUT2D eigenvalue weighted by molar-refractivity contribution is -0.145. The summed E-state index contributed by atoms with van der Waals surface area (Å²) in [6, 6.07) is 8.54. The normalized spacial score (nSPS) is 16.7. The van der Waals surface area contributed by atoms with Crippen molar-refractivity contribution in [2.24, 2.45) is 10.9 Å². The molecule has 7 heteroatoms. The van der Waals surface area contributed by atoms with E-state index in [-0.39, 0.29) is 17.5 Å². The van der Waals surface area contributed by atoms with Gasteiger partial charge in [0, 0.05) is 24.2 Å². The molecule has 1 atom stereocenters. The predicted molar refractivity (Wildman–Crippen MR) is 93.8 cm³/mol. The van der Waals surface area contributed by atoms with Crippen LogP contribution in [0.5, 0.6) is 0 Å². The molecule has 0 saturated heterocycles. The van der Waals surface area contributed by atoms with Crippen molar-refractivity contribution in [1.29, 1.82) is 0 Å². The van der Waals surface area contributed by atoms with Crippen LogP contribution >= 0.6 is 0 Å². The minimum Gasteiger partial charge on any atom is -0.465 e. The lowest BCUT2D eigenvalue weighted by Gasteiger charge is -2.24. The number of aromatic nitrogens is 1. The van der Waals surface area contributed by atoms with Gasteiger partial charge in [0.15, 0.2) is 9.84 Å². The second kappa shape index (κ2) is 6.76. The first kappa shape index (κ1) is 17.3. The number of carbonyl (C=O) groups is 1. The molecule has 1 aromatic heterocycles. The molecule has 3 rings (SSSR count). The minimum absolute atomic E-state index is 0.161. The number of fused-ring (bicyclic) bond motifs is 1. The molecule has 1 aromatic carbocycles. The molecule has 0 bridgehead atoms. The third-order valence-corrected chi connectivity index (χ3v) is 5.13. The maximum absolute atomic E-state index is 12.4. The quantitative estimate of drug-likeness (QED) is 0.783. The molecular weight excluding hydrogens is 340 g/mol. The molecular formula is C18H18N2O4S. The number of carbonyl (C=O) groups excluding carboxylic acids is 1. The van der Waals surface area contributed by atoms with Gasteiger partial charge >= 0.3 is 5.97 Å². The fraction of sp³-hybridized carbons (Fsp3) is 0.278. The summed E-state index contributed by atoms with van der Waals surface area (Å²) in [5.74, 6) is -0.966. The molecule has 0 spiro atoms. The fourth-order valence-corrected chi connectivity index (χ4v) is 3.75. The van der Waals surface area contributed by atoms with E-state index in [1.165, 1.54) is 6.07 Å². The van der Waals surface area contributed by atoms with Crippen LogP contribution in [0.15, 0.2) is 52.6 Å². The van der Waals surface area contributed by atoms with Crippen molar-refractivity contribution < 1.29 is 17.9 Å². The third kappa shape index (κ3) is 3.46. The van der Waals surface area contributed by atoms with E-state index in [0.29, 0.717) is 28.9 Å². The van der Waals surface area contributed by atoms with Crippen LogP contribution in [0.4, 0.5) is 5.69 Å². The summed E-state index contributed by atoms with van der Waals surface area (Å²) in [4.78, 5) is 21.2. The van der Waals surface area contributed by atoms with E-state index in [1.54, 1.807) is 43.6 Å². The number of esters is 1. The van der Waals surface area contributed by atoms with Gasteiger partial charge in [-0.3, -0.25) is 14.8 Å². The van der Waals surface area contributed by atoms with Gasteiger partial charge in [-0.1, -0.05) is 18.2 Å². The van der Waals surface area contributed by atoms with Crippen LogP contribution in [0, 0.1) is 5.92 Å². The van der Waals surface area contributed by atoms with Crippen LogP contribution in [-0.4, -0.2) is 37.9 Å². The molecule has 0 radical (unpaired) electrons. The van der Waals surface area contributed by atoms with E-state index < -0.39 is 15.8 Å². The number of nitrogens with zero attached hydrogens (tertiary/aromatic N) is 2. The Kier molecular flexibility index (Phi) is 4.67. The molecule has 1 aliphatic heterocycles. The summed E-state index contributed by atoms with van der Waals surface area (Å²) in [6.07, 6.45) is 4.73. The molecule has 1 unspecified atom stereocenters. The average molecular weight is 358 g/mol. The van der Waals surface area contributed by atoms with Gasteiger partial charge < -0.3 is 4.74 Å². The molecule has 25 heavy (non-hydrogen) atoms. The number of hydrogen-bond donors (Lipinski definition) is 0. The summed E-state index contributed by atoms with van der Waals surface area (Å²) in [6.45, 7) is 2.02. The average Bonchev–Trinajstić information content (AvgIpc) is 2.60. The van der Waals surface area contributed by atoms with E-state index in [1.807, 2.05) is 0 Å². The van der Waals surface area contributed by atoms with Crippen molar-refractivity contribution in [1.82, 2.24) is 4.98 Å². The number of benzene rings is 1. The summed E-state index contributed by atoms with van der Waals surface area (Å²) in [5, 5.41) is 0. The molecule has 0 amide bonds.